The number of piperidine rings is 2. The Hall–Kier alpha value is -0.910. The van der Waals surface area contributed by atoms with Gasteiger partial charge in [0, 0.05) is 37.4 Å². The summed E-state index contributed by atoms with van der Waals surface area (Å²) in [4.78, 5) is 13.3. The van der Waals surface area contributed by atoms with Gasteiger partial charge in [0.2, 0.25) is 5.28 Å². The average molecular weight is 325 g/mol. The van der Waals surface area contributed by atoms with Crippen molar-refractivity contribution >= 4 is 17.4 Å². The fourth-order valence-electron chi connectivity index (χ4n) is 3.66. The summed E-state index contributed by atoms with van der Waals surface area (Å²) >= 11 is 5.97. The molecule has 6 heteroatoms. The standard InChI is InChI=1S/C16H25ClN4O/c1-2-12-10-18-16(17)19-15(12)20-8-5-13(6-9-20)21-7-3-4-14(22)11-21/h10,13-14,22H,2-9,11H2,1H3. The van der Waals surface area contributed by atoms with E-state index in [9.17, 15) is 5.11 Å². The molecule has 122 valence electrons. The molecule has 1 N–H and O–H groups in total. The number of hydrogen-bond donors (Lipinski definition) is 1. The molecule has 3 heterocycles. The van der Waals surface area contributed by atoms with Crippen LogP contribution in [0.15, 0.2) is 6.20 Å². The average Bonchev–Trinajstić information content (AvgIpc) is 2.55. The van der Waals surface area contributed by atoms with Gasteiger partial charge in [0.05, 0.1) is 6.10 Å². The van der Waals surface area contributed by atoms with E-state index < -0.39 is 0 Å². The van der Waals surface area contributed by atoms with Crippen molar-refractivity contribution in [3.8, 4) is 0 Å². The SMILES string of the molecule is CCc1cnc(Cl)nc1N1CCC(N2CCCC(O)C2)CC1. The highest BCUT2D eigenvalue weighted by molar-refractivity contribution is 6.28. The summed E-state index contributed by atoms with van der Waals surface area (Å²) in [5.74, 6) is 1.000. The molecule has 1 aromatic heterocycles. The molecule has 0 aliphatic carbocycles. The lowest BCUT2D eigenvalue weighted by Gasteiger charge is -2.42. The van der Waals surface area contributed by atoms with Crippen LogP contribution in [0.1, 0.15) is 38.2 Å². The predicted octanol–water partition coefficient (Wildman–Crippen LogP) is 2.12. The number of β-amino-alcohol motifs (C(OH)–C–C–N with tert-alkyl or cyclic N) is 1. The van der Waals surface area contributed by atoms with Gasteiger partial charge < -0.3 is 10.0 Å². The van der Waals surface area contributed by atoms with Crippen molar-refractivity contribution in [2.45, 2.75) is 51.2 Å². The number of hydrogen-bond acceptors (Lipinski definition) is 5. The maximum Gasteiger partial charge on any atom is 0.224 e. The Labute approximate surface area is 137 Å². The van der Waals surface area contributed by atoms with Crippen LogP contribution in [-0.2, 0) is 6.42 Å². The van der Waals surface area contributed by atoms with Crippen LogP contribution in [0.25, 0.3) is 0 Å². The topological polar surface area (TPSA) is 52.5 Å². The van der Waals surface area contributed by atoms with Crippen molar-refractivity contribution in [2.24, 2.45) is 0 Å². The van der Waals surface area contributed by atoms with Crippen molar-refractivity contribution < 1.29 is 5.11 Å². The zero-order valence-electron chi connectivity index (χ0n) is 13.2. The van der Waals surface area contributed by atoms with Gasteiger partial charge in [-0.1, -0.05) is 6.92 Å². The number of aryl methyl sites for hydroxylation is 1. The molecule has 1 aromatic rings. The van der Waals surface area contributed by atoms with Crippen LogP contribution in [0.5, 0.6) is 0 Å². The molecule has 0 aromatic carbocycles. The van der Waals surface area contributed by atoms with Crippen LogP contribution < -0.4 is 4.90 Å². The van der Waals surface area contributed by atoms with E-state index in [4.69, 9.17) is 11.6 Å². The molecule has 0 bridgehead atoms. The van der Waals surface area contributed by atoms with Gasteiger partial charge in [-0.3, -0.25) is 4.90 Å². The van der Waals surface area contributed by atoms with Crippen LogP contribution >= 0.6 is 11.6 Å². The van der Waals surface area contributed by atoms with E-state index in [0.29, 0.717) is 11.3 Å². The second kappa shape index (κ2) is 7.11. The molecule has 0 amide bonds. The van der Waals surface area contributed by atoms with Gasteiger partial charge in [-0.05, 0) is 50.2 Å². The summed E-state index contributed by atoms with van der Waals surface area (Å²) < 4.78 is 0. The number of aliphatic hydroxyl groups is 1. The third kappa shape index (κ3) is 3.53. The van der Waals surface area contributed by atoms with Crippen LogP contribution in [0.4, 0.5) is 5.82 Å². The molecule has 2 aliphatic rings. The highest BCUT2D eigenvalue weighted by atomic mass is 35.5. The Balaban J connectivity index is 1.63. The Kier molecular flexibility index (Phi) is 5.16. The third-order valence-electron chi connectivity index (χ3n) is 4.90. The van der Waals surface area contributed by atoms with E-state index in [0.717, 1.165) is 69.7 Å². The summed E-state index contributed by atoms with van der Waals surface area (Å²) in [5, 5.41) is 10.2. The summed E-state index contributed by atoms with van der Waals surface area (Å²) in [6.45, 7) is 6.08. The summed E-state index contributed by atoms with van der Waals surface area (Å²) in [7, 11) is 0. The summed E-state index contributed by atoms with van der Waals surface area (Å²) in [6.07, 6.45) is 6.94. The minimum absolute atomic E-state index is 0.140. The van der Waals surface area contributed by atoms with E-state index in [2.05, 4.69) is 26.7 Å². The number of rotatable bonds is 3. The van der Waals surface area contributed by atoms with Gasteiger partial charge in [-0.2, -0.15) is 0 Å². The quantitative estimate of drug-likeness (QED) is 0.863. The third-order valence-corrected chi connectivity index (χ3v) is 5.08. The Bertz CT molecular complexity index is 505. The van der Waals surface area contributed by atoms with E-state index in [1.165, 1.54) is 0 Å². The summed E-state index contributed by atoms with van der Waals surface area (Å²) in [5.41, 5.74) is 1.16. The summed E-state index contributed by atoms with van der Waals surface area (Å²) in [6, 6.07) is 0.591. The number of nitrogens with zero attached hydrogens (tertiary/aromatic N) is 4. The van der Waals surface area contributed by atoms with E-state index >= 15 is 0 Å². The zero-order valence-corrected chi connectivity index (χ0v) is 14.0. The lowest BCUT2D eigenvalue weighted by Crippen LogP contribution is -2.49. The maximum absolute atomic E-state index is 9.86. The lowest BCUT2D eigenvalue weighted by atomic mass is 9.98. The zero-order chi connectivity index (χ0) is 15.5. The first-order valence-electron chi connectivity index (χ1n) is 8.36. The maximum atomic E-state index is 9.86. The highest BCUT2D eigenvalue weighted by Crippen LogP contribution is 2.26. The Morgan fingerprint density at radius 2 is 2.05 bits per heavy atom. The Morgan fingerprint density at radius 3 is 2.73 bits per heavy atom. The molecule has 1 unspecified atom stereocenters. The molecule has 3 rings (SSSR count). The first-order chi connectivity index (χ1) is 10.7. The molecule has 2 aliphatic heterocycles. The first kappa shape index (κ1) is 16.0. The monoisotopic (exact) mass is 324 g/mol. The molecule has 22 heavy (non-hydrogen) atoms. The largest absolute Gasteiger partial charge is 0.392 e. The van der Waals surface area contributed by atoms with Crippen LogP contribution in [0.2, 0.25) is 5.28 Å². The minimum atomic E-state index is -0.140. The smallest absolute Gasteiger partial charge is 0.224 e. The fraction of sp³-hybridized carbons (Fsp3) is 0.750. The molecular weight excluding hydrogens is 300 g/mol. The molecule has 0 saturated carbocycles. The van der Waals surface area contributed by atoms with E-state index in [1.807, 2.05) is 6.20 Å². The highest BCUT2D eigenvalue weighted by Gasteiger charge is 2.29. The van der Waals surface area contributed by atoms with Gasteiger partial charge in [-0.15, -0.1) is 0 Å². The van der Waals surface area contributed by atoms with Crippen molar-refractivity contribution in [1.29, 1.82) is 0 Å². The molecule has 2 saturated heterocycles. The van der Waals surface area contributed by atoms with Gasteiger partial charge in [0.25, 0.3) is 0 Å². The van der Waals surface area contributed by atoms with Gasteiger partial charge in [0.15, 0.2) is 0 Å². The van der Waals surface area contributed by atoms with E-state index in [-0.39, 0.29) is 6.10 Å². The molecule has 0 radical (unpaired) electrons. The van der Waals surface area contributed by atoms with Gasteiger partial charge >= 0.3 is 0 Å². The van der Waals surface area contributed by atoms with Crippen molar-refractivity contribution in [3.63, 3.8) is 0 Å². The van der Waals surface area contributed by atoms with Crippen LogP contribution in [-0.4, -0.2) is 58.3 Å². The number of anilines is 1. The first-order valence-corrected chi connectivity index (χ1v) is 8.73. The van der Waals surface area contributed by atoms with E-state index in [1.54, 1.807) is 0 Å². The molecule has 5 nitrogen and oxygen atoms in total. The van der Waals surface area contributed by atoms with Crippen molar-refractivity contribution in [3.05, 3.63) is 17.0 Å². The molecule has 0 spiro atoms. The van der Waals surface area contributed by atoms with Gasteiger partial charge in [-0.25, -0.2) is 9.97 Å². The van der Waals surface area contributed by atoms with Crippen LogP contribution in [0.3, 0.4) is 0 Å². The molecular formula is C16H25ClN4O. The number of aliphatic hydroxyl groups excluding tert-OH is 1. The van der Waals surface area contributed by atoms with Crippen molar-refractivity contribution in [2.75, 3.05) is 31.1 Å². The Morgan fingerprint density at radius 1 is 1.27 bits per heavy atom. The van der Waals surface area contributed by atoms with Crippen LogP contribution in [0, 0.1) is 0 Å². The van der Waals surface area contributed by atoms with Crippen molar-refractivity contribution in [1.82, 2.24) is 14.9 Å². The lowest BCUT2D eigenvalue weighted by molar-refractivity contribution is 0.0398. The normalized spacial score (nSPS) is 24.7. The number of likely N-dealkylation sites (tertiary alicyclic amines) is 1. The number of aromatic nitrogens is 2. The molecule has 1 atom stereocenters. The fourth-order valence-corrected chi connectivity index (χ4v) is 3.79. The predicted molar refractivity (Wildman–Crippen MR) is 88.5 cm³/mol. The molecule has 2 fully saturated rings. The minimum Gasteiger partial charge on any atom is -0.392 e. The number of halogens is 1. The van der Waals surface area contributed by atoms with Gasteiger partial charge in [0.1, 0.15) is 5.82 Å². The second-order valence-electron chi connectivity index (χ2n) is 6.35. The second-order valence-corrected chi connectivity index (χ2v) is 6.69.